The average molecular weight is 447 g/mol. The molecule has 1 fully saturated rings. The Morgan fingerprint density at radius 3 is 2.33 bits per heavy atom. The molecule has 0 aliphatic carbocycles. The Morgan fingerprint density at radius 2 is 1.67 bits per heavy atom. The molecule has 1 amide bonds. The lowest BCUT2D eigenvalue weighted by Crippen LogP contribution is -2.41. The standard InChI is InChI=1S/C25H25N3O5/c1-30-20-12-15(13-21(31-2)24(20)32-3)22-23-17(16-6-4-5-7-18(16)26-23)14-19(27-22)25(29)28-8-10-33-11-9-28/h4-7,12-14,26H,8-11H2,1-3H3. The molecular weight excluding hydrogens is 422 g/mol. The van der Waals surface area contributed by atoms with Crippen LogP contribution in [0.3, 0.4) is 0 Å². The second-order valence-corrected chi connectivity index (χ2v) is 7.77. The van der Waals surface area contributed by atoms with E-state index in [-0.39, 0.29) is 5.91 Å². The molecule has 0 bridgehead atoms. The number of carbonyl (C=O) groups is 1. The van der Waals surface area contributed by atoms with Gasteiger partial charge in [-0.2, -0.15) is 0 Å². The predicted molar refractivity (Wildman–Crippen MR) is 125 cm³/mol. The molecule has 1 aliphatic rings. The minimum atomic E-state index is -0.112. The van der Waals surface area contributed by atoms with Crippen molar-refractivity contribution in [3.63, 3.8) is 0 Å². The molecule has 0 atom stereocenters. The Morgan fingerprint density at radius 1 is 0.970 bits per heavy atom. The normalized spacial score (nSPS) is 14.0. The number of morpholine rings is 1. The average Bonchev–Trinajstić information content (AvgIpc) is 3.26. The molecule has 0 radical (unpaired) electrons. The van der Waals surface area contributed by atoms with Gasteiger partial charge in [-0.05, 0) is 24.3 Å². The quantitative estimate of drug-likeness (QED) is 0.500. The van der Waals surface area contributed by atoms with E-state index in [1.54, 1.807) is 26.2 Å². The number of hydrogen-bond acceptors (Lipinski definition) is 6. The van der Waals surface area contributed by atoms with Crippen molar-refractivity contribution in [3.8, 4) is 28.5 Å². The lowest BCUT2D eigenvalue weighted by molar-refractivity contribution is 0.0299. The van der Waals surface area contributed by atoms with Gasteiger partial charge in [0.15, 0.2) is 11.5 Å². The smallest absolute Gasteiger partial charge is 0.272 e. The highest BCUT2D eigenvalue weighted by Crippen LogP contribution is 2.42. The summed E-state index contributed by atoms with van der Waals surface area (Å²) in [6.07, 6.45) is 0. The van der Waals surface area contributed by atoms with E-state index in [0.717, 1.165) is 27.4 Å². The van der Waals surface area contributed by atoms with E-state index < -0.39 is 0 Å². The Hall–Kier alpha value is -3.78. The number of aromatic amines is 1. The summed E-state index contributed by atoms with van der Waals surface area (Å²) in [5.74, 6) is 1.42. The molecule has 33 heavy (non-hydrogen) atoms. The number of pyridine rings is 1. The molecule has 170 valence electrons. The van der Waals surface area contributed by atoms with Crippen molar-refractivity contribution < 1.29 is 23.7 Å². The fourth-order valence-electron chi connectivity index (χ4n) is 4.31. The van der Waals surface area contributed by atoms with E-state index in [9.17, 15) is 4.79 Å². The summed E-state index contributed by atoms with van der Waals surface area (Å²) < 4.78 is 22.0. The third-order valence-electron chi connectivity index (χ3n) is 5.95. The molecule has 0 spiro atoms. The highest BCUT2D eigenvalue weighted by Gasteiger charge is 2.24. The largest absolute Gasteiger partial charge is 0.493 e. The zero-order chi connectivity index (χ0) is 22.9. The van der Waals surface area contributed by atoms with Crippen LogP contribution in [0.4, 0.5) is 0 Å². The summed E-state index contributed by atoms with van der Waals surface area (Å²) >= 11 is 0. The number of methoxy groups -OCH3 is 3. The minimum absolute atomic E-state index is 0.112. The molecule has 4 aromatic rings. The van der Waals surface area contributed by atoms with Gasteiger partial charge in [-0.15, -0.1) is 0 Å². The van der Waals surface area contributed by atoms with E-state index in [1.165, 1.54) is 0 Å². The maximum absolute atomic E-state index is 13.4. The van der Waals surface area contributed by atoms with Crippen molar-refractivity contribution >= 4 is 27.7 Å². The summed E-state index contributed by atoms with van der Waals surface area (Å²) in [5.41, 5.74) is 3.58. The third-order valence-corrected chi connectivity index (χ3v) is 5.95. The zero-order valence-corrected chi connectivity index (χ0v) is 18.8. The first-order valence-electron chi connectivity index (χ1n) is 10.7. The number of nitrogens with one attached hydrogen (secondary N) is 1. The molecule has 3 heterocycles. The number of carbonyl (C=O) groups excluding carboxylic acids is 1. The molecule has 5 rings (SSSR count). The van der Waals surface area contributed by atoms with Crippen LogP contribution in [-0.4, -0.2) is 68.4 Å². The molecule has 1 N–H and O–H groups in total. The summed E-state index contributed by atoms with van der Waals surface area (Å²) in [5, 5.41) is 1.96. The third kappa shape index (κ3) is 3.62. The van der Waals surface area contributed by atoms with E-state index in [4.69, 9.17) is 23.9 Å². The maximum Gasteiger partial charge on any atom is 0.272 e. The lowest BCUT2D eigenvalue weighted by atomic mass is 10.0. The summed E-state index contributed by atoms with van der Waals surface area (Å²) in [4.78, 5) is 23.4. The van der Waals surface area contributed by atoms with Gasteiger partial charge in [-0.25, -0.2) is 4.98 Å². The van der Waals surface area contributed by atoms with E-state index in [0.29, 0.717) is 54.9 Å². The van der Waals surface area contributed by atoms with Gasteiger partial charge in [0.25, 0.3) is 5.91 Å². The monoisotopic (exact) mass is 447 g/mol. The maximum atomic E-state index is 13.4. The number of rotatable bonds is 5. The van der Waals surface area contributed by atoms with E-state index in [2.05, 4.69) is 4.98 Å². The molecule has 2 aromatic carbocycles. The van der Waals surface area contributed by atoms with Crippen LogP contribution >= 0.6 is 0 Å². The number of hydrogen-bond donors (Lipinski definition) is 1. The van der Waals surface area contributed by atoms with Gasteiger partial charge in [0.05, 0.1) is 45.8 Å². The van der Waals surface area contributed by atoms with Crippen LogP contribution in [0.25, 0.3) is 33.1 Å². The second-order valence-electron chi connectivity index (χ2n) is 7.77. The highest BCUT2D eigenvalue weighted by molar-refractivity contribution is 6.13. The number of para-hydroxylation sites is 1. The van der Waals surface area contributed by atoms with Crippen LogP contribution in [0.15, 0.2) is 42.5 Å². The molecule has 1 saturated heterocycles. The summed E-state index contributed by atoms with van der Waals surface area (Å²) in [7, 11) is 4.71. The molecule has 0 saturated carbocycles. The first kappa shape index (κ1) is 21.1. The van der Waals surface area contributed by atoms with Crippen LogP contribution in [0.2, 0.25) is 0 Å². The Balaban J connectivity index is 1.76. The molecule has 8 nitrogen and oxygen atoms in total. The van der Waals surface area contributed by atoms with Crippen molar-refractivity contribution in [1.82, 2.24) is 14.9 Å². The number of nitrogens with zero attached hydrogens (tertiary/aromatic N) is 2. The fourth-order valence-corrected chi connectivity index (χ4v) is 4.31. The molecule has 2 aromatic heterocycles. The number of amides is 1. The molecule has 0 unspecified atom stereocenters. The number of H-pyrrole nitrogens is 1. The molecular formula is C25H25N3O5. The van der Waals surface area contributed by atoms with Gasteiger partial charge >= 0.3 is 0 Å². The van der Waals surface area contributed by atoms with E-state index in [1.807, 2.05) is 42.5 Å². The van der Waals surface area contributed by atoms with Crippen LogP contribution in [0.5, 0.6) is 17.2 Å². The van der Waals surface area contributed by atoms with Gasteiger partial charge in [-0.3, -0.25) is 4.79 Å². The van der Waals surface area contributed by atoms with Crippen molar-refractivity contribution in [3.05, 3.63) is 48.2 Å². The highest BCUT2D eigenvalue weighted by atomic mass is 16.5. The van der Waals surface area contributed by atoms with Crippen LogP contribution < -0.4 is 14.2 Å². The molecule has 8 heteroatoms. The number of fused-ring (bicyclic) bond motifs is 3. The van der Waals surface area contributed by atoms with Crippen molar-refractivity contribution in [2.45, 2.75) is 0 Å². The van der Waals surface area contributed by atoms with Crippen LogP contribution in [-0.2, 0) is 4.74 Å². The van der Waals surface area contributed by atoms with Gasteiger partial charge in [0.1, 0.15) is 5.69 Å². The zero-order valence-electron chi connectivity index (χ0n) is 18.8. The minimum Gasteiger partial charge on any atom is -0.493 e. The number of aromatic nitrogens is 2. The van der Waals surface area contributed by atoms with Crippen LogP contribution in [0, 0.1) is 0 Å². The lowest BCUT2D eigenvalue weighted by Gasteiger charge is -2.26. The fraction of sp³-hybridized carbons (Fsp3) is 0.280. The predicted octanol–water partition coefficient (Wildman–Crippen LogP) is 3.88. The van der Waals surface area contributed by atoms with Gasteiger partial charge in [-0.1, -0.05) is 18.2 Å². The first-order valence-corrected chi connectivity index (χ1v) is 10.7. The Labute approximate surface area is 191 Å². The van der Waals surface area contributed by atoms with Gasteiger partial charge in [0.2, 0.25) is 5.75 Å². The van der Waals surface area contributed by atoms with E-state index >= 15 is 0 Å². The van der Waals surface area contributed by atoms with Gasteiger partial charge < -0.3 is 28.8 Å². The summed E-state index contributed by atoms with van der Waals surface area (Å²) in [6, 6.07) is 13.6. The van der Waals surface area contributed by atoms with Crippen LogP contribution in [0.1, 0.15) is 10.5 Å². The topological polar surface area (TPSA) is 85.9 Å². The first-order chi connectivity index (χ1) is 16.1. The Bertz CT molecular complexity index is 1320. The van der Waals surface area contributed by atoms with Crippen molar-refractivity contribution in [2.24, 2.45) is 0 Å². The Kier molecular flexibility index (Phi) is 5.51. The van der Waals surface area contributed by atoms with Gasteiger partial charge in [0, 0.05) is 34.9 Å². The number of ether oxygens (including phenoxy) is 4. The van der Waals surface area contributed by atoms with Crippen molar-refractivity contribution in [2.75, 3.05) is 47.6 Å². The second kappa shape index (κ2) is 8.63. The number of benzene rings is 2. The SMILES string of the molecule is COc1cc(-c2nc(C(=O)N3CCOCC3)cc3c2[nH]c2ccccc23)cc(OC)c1OC. The summed E-state index contributed by atoms with van der Waals surface area (Å²) in [6.45, 7) is 2.15. The van der Waals surface area contributed by atoms with Crippen molar-refractivity contribution in [1.29, 1.82) is 0 Å². The molecule has 1 aliphatic heterocycles.